The molecule has 0 radical (unpaired) electrons. The van der Waals surface area contributed by atoms with Gasteiger partial charge in [-0.25, -0.2) is 14.4 Å². The van der Waals surface area contributed by atoms with Gasteiger partial charge >= 0.3 is 17.9 Å². The molecule has 0 saturated heterocycles. The fourth-order valence-corrected chi connectivity index (χ4v) is 2.83. The van der Waals surface area contributed by atoms with E-state index in [1.165, 1.54) is 31.4 Å². The highest BCUT2D eigenvalue weighted by Crippen LogP contribution is 2.19. The van der Waals surface area contributed by atoms with Crippen molar-refractivity contribution in [1.82, 2.24) is 0 Å². The lowest BCUT2D eigenvalue weighted by molar-refractivity contribution is -0.385. The first-order valence-electron chi connectivity index (χ1n) is 10.7. The lowest BCUT2D eigenvalue weighted by atomic mass is 10.1. The van der Waals surface area contributed by atoms with Gasteiger partial charge in [-0.05, 0) is 67.8 Å². The second-order valence-corrected chi connectivity index (χ2v) is 7.56. The van der Waals surface area contributed by atoms with Crippen LogP contribution in [-0.4, -0.2) is 52.4 Å². The van der Waals surface area contributed by atoms with E-state index in [0.717, 1.165) is 18.2 Å². The number of ether oxygens (including phenoxy) is 1. The Balaban J connectivity index is -0.000000235. The van der Waals surface area contributed by atoms with Gasteiger partial charge < -0.3 is 31.5 Å². The number of hydrogen-bond acceptors (Lipinski definition) is 9. The summed E-state index contributed by atoms with van der Waals surface area (Å²) in [4.78, 5) is 41.8. The molecule has 0 unspecified atom stereocenters. The van der Waals surface area contributed by atoms with E-state index in [2.05, 4.69) is 4.74 Å². The number of carbonyl (C=O) groups is 3. The molecular weight excluding hydrogens is 546 g/mol. The predicted octanol–water partition coefficient (Wildman–Crippen LogP) is 5.15. The van der Waals surface area contributed by atoms with E-state index in [1.807, 2.05) is 19.9 Å². The molecule has 40 heavy (non-hydrogen) atoms. The first-order valence-corrected chi connectivity index (χ1v) is 10.7. The minimum atomic E-state index is -1.29. The van der Waals surface area contributed by atoms with Gasteiger partial charge in [-0.1, -0.05) is 25.6 Å². The monoisotopic (exact) mass is 583 g/mol. The molecule has 0 spiro atoms. The number of anilines is 2. The molecule has 7 N–H and O–H groups in total. The van der Waals surface area contributed by atoms with Crippen LogP contribution in [0.4, 0.5) is 17.1 Å². The molecule has 12 nitrogen and oxygen atoms in total. The first kappa shape index (κ1) is 39.8. The third-order valence-electron chi connectivity index (χ3n) is 4.63. The zero-order chi connectivity index (χ0) is 29.6. The second kappa shape index (κ2) is 19.4. The van der Waals surface area contributed by atoms with E-state index in [1.54, 1.807) is 31.2 Å². The maximum Gasteiger partial charge on any atom is 0.342 e. The van der Waals surface area contributed by atoms with Gasteiger partial charge in [-0.3, -0.25) is 10.1 Å². The van der Waals surface area contributed by atoms with Gasteiger partial charge in [0.15, 0.2) is 0 Å². The summed E-state index contributed by atoms with van der Waals surface area (Å²) in [6, 6.07) is 14.1. The number of halogens is 1. The number of hydrogen-bond donors (Lipinski definition) is 5. The number of aryl methyl sites for hydroxylation is 3. The van der Waals surface area contributed by atoms with E-state index >= 15 is 0 Å². The number of carboxylic acid groups (broad SMARTS) is 2. The normalized spacial score (nSPS) is 8.75. The Bertz CT molecular complexity index is 1310. The number of benzene rings is 3. The lowest BCUT2D eigenvalue weighted by Gasteiger charge is -2.03. The number of aliphatic hydroxyl groups excluding tert-OH is 1. The van der Waals surface area contributed by atoms with Crippen LogP contribution in [-0.2, 0) is 4.74 Å². The van der Waals surface area contributed by atoms with Crippen molar-refractivity contribution in [1.29, 1.82) is 0 Å². The summed E-state index contributed by atoms with van der Waals surface area (Å²) in [6.07, 6.45) is 0. The summed E-state index contributed by atoms with van der Waals surface area (Å²) in [6.45, 7) is 5.44. The van der Waals surface area contributed by atoms with Crippen molar-refractivity contribution in [3.05, 3.63) is 98.1 Å². The molecule has 0 fully saturated rings. The highest BCUT2D eigenvalue weighted by molar-refractivity contribution is 5.95. The number of nitrogens with two attached hydrogens (primary N) is 2. The van der Waals surface area contributed by atoms with Crippen LogP contribution >= 0.6 is 12.4 Å². The smallest absolute Gasteiger partial charge is 0.342 e. The van der Waals surface area contributed by atoms with E-state index in [-0.39, 0.29) is 38.1 Å². The van der Waals surface area contributed by atoms with Gasteiger partial charge in [0.1, 0.15) is 5.56 Å². The SMILES string of the molecule is C.CO.COC(=O)c1ccc(C)cc1N.Cc1ccc(C(=O)O)c(N)c1.Cc1ccc(C(=O)O)c([N+](=O)[O-])c1.Cl.[HH]. The minimum Gasteiger partial charge on any atom is -0.478 e. The van der Waals surface area contributed by atoms with Crippen LogP contribution in [0.5, 0.6) is 0 Å². The van der Waals surface area contributed by atoms with Gasteiger partial charge in [-0.2, -0.15) is 0 Å². The highest BCUT2D eigenvalue weighted by atomic mass is 35.5. The Hall–Kier alpha value is -4.68. The van der Waals surface area contributed by atoms with Crippen LogP contribution in [0.1, 0.15) is 56.6 Å². The Morgan fingerprint density at radius 1 is 0.775 bits per heavy atom. The van der Waals surface area contributed by atoms with Crippen LogP contribution in [0.15, 0.2) is 54.6 Å². The van der Waals surface area contributed by atoms with Crippen molar-refractivity contribution in [3.8, 4) is 0 Å². The van der Waals surface area contributed by atoms with Crippen molar-refractivity contribution in [3.63, 3.8) is 0 Å². The number of nitro benzene ring substituents is 1. The van der Waals surface area contributed by atoms with E-state index < -0.39 is 22.8 Å². The lowest BCUT2D eigenvalue weighted by Crippen LogP contribution is -2.05. The summed E-state index contributed by atoms with van der Waals surface area (Å²) < 4.78 is 4.54. The number of nitro groups is 1. The molecule has 3 aromatic carbocycles. The summed E-state index contributed by atoms with van der Waals surface area (Å²) >= 11 is 0. The number of aromatic carboxylic acids is 2. The van der Waals surface area contributed by atoms with Crippen LogP contribution in [0, 0.1) is 30.9 Å². The average Bonchev–Trinajstić information content (AvgIpc) is 2.85. The van der Waals surface area contributed by atoms with Crippen LogP contribution in [0.3, 0.4) is 0 Å². The van der Waals surface area contributed by atoms with Crippen LogP contribution in [0.2, 0.25) is 0 Å². The summed E-state index contributed by atoms with van der Waals surface area (Å²) in [5.74, 6) is -2.67. The third kappa shape index (κ3) is 12.7. The van der Waals surface area contributed by atoms with Crippen molar-refractivity contribution < 1.29 is 40.8 Å². The largest absolute Gasteiger partial charge is 0.478 e. The second-order valence-electron chi connectivity index (χ2n) is 7.56. The van der Waals surface area contributed by atoms with Gasteiger partial charge in [0, 0.05) is 26.0 Å². The molecule has 13 heteroatoms. The number of esters is 1. The molecule has 0 heterocycles. The Kier molecular flexibility index (Phi) is 19.3. The van der Waals surface area contributed by atoms with Gasteiger partial charge in [0.05, 0.1) is 23.2 Å². The fraction of sp³-hybridized carbons (Fsp3) is 0.222. The zero-order valence-electron chi connectivity index (χ0n) is 22.0. The maximum absolute atomic E-state index is 11.0. The first-order chi connectivity index (χ1) is 17.8. The number of rotatable bonds is 4. The molecule has 0 aliphatic rings. The summed E-state index contributed by atoms with van der Waals surface area (Å²) in [5.41, 5.74) is 14.4. The molecule has 222 valence electrons. The van der Waals surface area contributed by atoms with Crippen molar-refractivity contribution in [2.24, 2.45) is 0 Å². The number of nitrogens with zero attached hydrogens (tertiary/aromatic N) is 1. The predicted molar refractivity (Wildman–Crippen MR) is 159 cm³/mol. The molecule has 0 aliphatic heterocycles. The van der Waals surface area contributed by atoms with Crippen LogP contribution in [0.25, 0.3) is 0 Å². The number of carboxylic acids is 2. The van der Waals surface area contributed by atoms with E-state index in [4.69, 9.17) is 26.8 Å². The van der Waals surface area contributed by atoms with Crippen LogP contribution < -0.4 is 11.5 Å². The number of aliphatic hydroxyl groups is 1. The van der Waals surface area contributed by atoms with E-state index in [0.29, 0.717) is 22.5 Å². The molecule has 0 saturated carbocycles. The Morgan fingerprint density at radius 2 is 1.12 bits per heavy atom. The minimum absolute atomic E-state index is 0. The molecule has 0 amide bonds. The molecule has 0 aromatic heterocycles. The van der Waals surface area contributed by atoms with Crippen molar-refractivity contribution in [2.45, 2.75) is 28.2 Å². The molecule has 0 atom stereocenters. The molecule has 0 aliphatic carbocycles. The van der Waals surface area contributed by atoms with E-state index in [9.17, 15) is 24.5 Å². The Labute approximate surface area is 240 Å². The summed E-state index contributed by atoms with van der Waals surface area (Å²) in [5, 5.41) is 34.6. The van der Waals surface area contributed by atoms with Gasteiger partial charge in [0.2, 0.25) is 0 Å². The standard InChI is InChI=1S/C9H11NO2.C8H7NO4.C8H9NO2.CH4O.CH4.ClH.H2/c1-6-3-4-7(8(10)5-6)9(11)12-2;1-5-2-3-6(8(10)11)7(4-5)9(12)13;1-5-2-3-6(8(10)11)7(9)4-5;1-2;;;/h3-5H,10H2,1-2H3;2-4H,1H3,(H,10,11);2-4H,9H2,1H3,(H,10,11);2H,1H3;1H4;2*1H. The highest BCUT2D eigenvalue weighted by Gasteiger charge is 2.18. The molecular formula is C27H38ClN3O9. The summed E-state index contributed by atoms with van der Waals surface area (Å²) in [7, 11) is 2.33. The van der Waals surface area contributed by atoms with Gasteiger partial charge in [-0.15, -0.1) is 12.4 Å². The van der Waals surface area contributed by atoms with Gasteiger partial charge in [0.25, 0.3) is 5.69 Å². The number of nitrogen functional groups attached to an aromatic ring is 2. The zero-order valence-corrected chi connectivity index (χ0v) is 22.8. The molecule has 3 rings (SSSR count). The number of methoxy groups -OCH3 is 1. The Morgan fingerprint density at radius 3 is 1.45 bits per heavy atom. The third-order valence-corrected chi connectivity index (χ3v) is 4.63. The van der Waals surface area contributed by atoms with Crippen molar-refractivity contribution >= 4 is 47.4 Å². The molecule has 3 aromatic rings. The average molecular weight is 584 g/mol. The maximum atomic E-state index is 11.0. The van der Waals surface area contributed by atoms with Crippen molar-refractivity contribution in [2.75, 3.05) is 25.7 Å². The molecule has 0 bridgehead atoms. The fourth-order valence-electron chi connectivity index (χ4n) is 2.83. The topological polar surface area (TPSA) is 216 Å². The quantitative estimate of drug-likeness (QED) is 0.117. The number of carbonyl (C=O) groups excluding carboxylic acids is 1.